The van der Waals surface area contributed by atoms with Crippen molar-refractivity contribution in [3.8, 4) is 0 Å². The second-order valence-corrected chi connectivity index (χ2v) is 3.44. The maximum absolute atomic E-state index is 11.2. The van der Waals surface area contributed by atoms with Gasteiger partial charge in [-0.25, -0.2) is 0 Å². The predicted molar refractivity (Wildman–Crippen MR) is 59.4 cm³/mol. The van der Waals surface area contributed by atoms with Crippen molar-refractivity contribution in [2.45, 2.75) is 13.3 Å². The van der Waals surface area contributed by atoms with Crippen molar-refractivity contribution < 1.29 is 9.53 Å². The maximum Gasteiger partial charge on any atom is 0.221 e. The van der Waals surface area contributed by atoms with Gasteiger partial charge in [-0.05, 0) is 12.0 Å². The number of nitrogens with zero attached hydrogens (tertiary/aromatic N) is 1. The molecule has 82 valence electrons. The summed E-state index contributed by atoms with van der Waals surface area (Å²) in [5, 5.41) is 0. The average Bonchev–Trinajstić information content (AvgIpc) is 2.25. The predicted octanol–water partition coefficient (Wildman–Crippen LogP) is 1.68. The fraction of sp³-hybridized carbons (Fsp3) is 0.417. The average molecular weight is 207 g/mol. The van der Waals surface area contributed by atoms with E-state index in [9.17, 15) is 4.79 Å². The summed E-state index contributed by atoms with van der Waals surface area (Å²) >= 11 is 0. The van der Waals surface area contributed by atoms with E-state index in [1.807, 2.05) is 18.2 Å². The summed E-state index contributed by atoms with van der Waals surface area (Å²) in [4.78, 5) is 12.9. The first-order valence-electron chi connectivity index (χ1n) is 5.02. The number of rotatable bonds is 5. The van der Waals surface area contributed by atoms with E-state index in [4.69, 9.17) is 4.74 Å². The van der Waals surface area contributed by atoms with Crippen LogP contribution in [0.15, 0.2) is 30.3 Å². The van der Waals surface area contributed by atoms with Gasteiger partial charge in [0.2, 0.25) is 5.91 Å². The highest BCUT2D eigenvalue weighted by Crippen LogP contribution is 2.01. The van der Waals surface area contributed by atoms with E-state index in [1.165, 1.54) is 5.56 Å². The van der Waals surface area contributed by atoms with Crippen LogP contribution in [0.25, 0.3) is 0 Å². The zero-order valence-electron chi connectivity index (χ0n) is 9.27. The normalized spacial score (nSPS) is 10.0. The Morgan fingerprint density at radius 1 is 1.33 bits per heavy atom. The zero-order valence-corrected chi connectivity index (χ0v) is 9.27. The van der Waals surface area contributed by atoms with Crippen molar-refractivity contribution in [2.75, 3.05) is 20.4 Å². The molecule has 0 saturated heterocycles. The minimum Gasteiger partial charge on any atom is -0.364 e. The van der Waals surface area contributed by atoms with Crippen LogP contribution in [0.1, 0.15) is 12.5 Å². The Balaban J connectivity index is 2.43. The Hall–Kier alpha value is -1.35. The number of benzene rings is 1. The molecule has 0 atom stereocenters. The monoisotopic (exact) mass is 207 g/mol. The molecule has 3 heteroatoms. The van der Waals surface area contributed by atoms with E-state index < -0.39 is 0 Å². The lowest BCUT2D eigenvalue weighted by molar-refractivity contribution is -0.133. The van der Waals surface area contributed by atoms with Crippen molar-refractivity contribution in [3.63, 3.8) is 0 Å². The fourth-order valence-electron chi connectivity index (χ4n) is 1.38. The molecule has 1 amide bonds. The molecule has 1 aromatic rings. The van der Waals surface area contributed by atoms with Gasteiger partial charge in [0.1, 0.15) is 6.73 Å². The van der Waals surface area contributed by atoms with Crippen molar-refractivity contribution in [2.24, 2.45) is 0 Å². The molecule has 1 aromatic carbocycles. The van der Waals surface area contributed by atoms with E-state index in [0.29, 0.717) is 13.3 Å². The first-order chi connectivity index (χ1) is 7.24. The molecule has 0 N–H and O–H groups in total. The molecule has 0 radical (unpaired) electrons. The van der Waals surface area contributed by atoms with Crippen LogP contribution in [0.5, 0.6) is 0 Å². The summed E-state index contributed by atoms with van der Waals surface area (Å²) in [6.45, 7) is 2.62. The van der Waals surface area contributed by atoms with Crippen LogP contribution >= 0.6 is 0 Å². The van der Waals surface area contributed by atoms with Crippen LogP contribution in [0.4, 0.5) is 0 Å². The van der Waals surface area contributed by atoms with Gasteiger partial charge in [-0.2, -0.15) is 0 Å². The number of carbonyl (C=O) groups is 1. The Morgan fingerprint density at radius 3 is 2.53 bits per heavy atom. The van der Waals surface area contributed by atoms with E-state index in [-0.39, 0.29) is 5.91 Å². The molecule has 0 spiro atoms. The van der Waals surface area contributed by atoms with Crippen LogP contribution in [-0.2, 0) is 16.0 Å². The molecule has 0 aliphatic carbocycles. The van der Waals surface area contributed by atoms with Crippen molar-refractivity contribution >= 4 is 5.91 Å². The van der Waals surface area contributed by atoms with Crippen molar-refractivity contribution in [1.82, 2.24) is 4.90 Å². The number of hydrogen-bond acceptors (Lipinski definition) is 2. The first kappa shape index (κ1) is 11.7. The maximum atomic E-state index is 11.2. The molecule has 1 rings (SSSR count). The van der Waals surface area contributed by atoms with Crippen molar-refractivity contribution in [1.29, 1.82) is 0 Å². The number of methoxy groups -OCH3 is 1. The van der Waals surface area contributed by atoms with Crippen molar-refractivity contribution in [3.05, 3.63) is 35.9 Å². The first-order valence-corrected chi connectivity index (χ1v) is 5.02. The third kappa shape index (κ3) is 4.13. The van der Waals surface area contributed by atoms with E-state index >= 15 is 0 Å². The number of ether oxygens (including phenoxy) is 1. The Kier molecular flexibility index (Phi) is 4.84. The molecule has 0 aliphatic rings. The van der Waals surface area contributed by atoms with Crippen LogP contribution in [-0.4, -0.2) is 31.2 Å². The van der Waals surface area contributed by atoms with Gasteiger partial charge < -0.3 is 9.64 Å². The molecule has 0 fully saturated rings. The summed E-state index contributed by atoms with van der Waals surface area (Å²) in [5.41, 5.74) is 1.24. The Labute approximate surface area is 90.7 Å². The van der Waals surface area contributed by atoms with Gasteiger partial charge in [-0.1, -0.05) is 30.3 Å². The lowest BCUT2D eigenvalue weighted by Gasteiger charge is -2.19. The lowest BCUT2D eigenvalue weighted by Crippen LogP contribution is -2.32. The van der Waals surface area contributed by atoms with Crippen LogP contribution in [0, 0.1) is 0 Å². The topological polar surface area (TPSA) is 29.5 Å². The lowest BCUT2D eigenvalue weighted by atomic mass is 10.1. The molecule has 0 bridgehead atoms. The largest absolute Gasteiger partial charge is 0.364 e. The van der Waals surface area contributed by atoms with Gasteiger partial charge >= 0.3 is 0 Å². The quantitative estimate of drug-likeness (QED) is 0.687. The van der Waals surface area contributed by atoms with Gasteiger partial charge in [0.05, 0.1) is 0 Å². The fourth-order valence-corrected chi connectivity index (χ4v) is 1.38. The molecule has 3 nitrogen and oxygen atoms in total. The van der Waals surface area contributed by atoms with Gasteiger partial charge in [-0.15, -0.1) is 0 Å². The number of hydrogen-bond donors (Lipinski definition) is 0. The highest BCUT2D eigenvalue weighted by molar-refractivity contribution is 5.73. The van der Waals surface area contributed by atoms with Crippen LogP contribution in [0.3, 0.4) is 0 Å². The van der Waals surface area contributed by atoms with Gasteiger partial charge in [-0.3, -0.25) is 4.79 Å². The van der Waals surface area contributed by atoms with Gasteiger partial charge in [0.15, 0.2) is 0 Å². The minimum atomic E-state index is 0.0489. The molecule has 0 saturated carbocycles. The standard InChI is InChI=1S/C12H17NO2/c1-11(14)13(10-15-2)9-8-12-6-4-3-5-7-12/h3-7H,8-10H2,1-2H3. The molecule has 0 heterocycles. The summed E-state index contributed by atoms with van der Waals surface area (Å²) < 4.78 is 4.96. The van der Waals surface area contributed by atoms with E-state index in [1.54, 1.807) is 18.9 Å². The molecule has 0 aliphatic heterocycles. The second kappa shape index (κ2) is 6.19. The second-order valence-electron chi connectivity index (χ2n) is 3.44. The van der Waals surface area contributed by atoms with E-state index in [2.05, 4.69) is 12.1 Å². The smallest absolute Gasteiger partial charge is 0.221 e. The summed E-state index contributed by atoms with van der Waals surface area (Å²) in [7, 11) is 1.60. The summed E-state index contributed by atoms with van der Waals surface area (Å²) in [6, 6.07) is 10.1. The SMILES string of the molecule is COCN(CCc1ccccc1)C(C)=O. The Bertz CT molecular complexity index is 298. The van der Waals surface area contributed by atoms with Gasteiger partial charge in [0, 0.05) is 20.6 Å². The highest BCUT2D eigenvalue weighted by atomic mass is 16.5. The summed E-state index contributed by atoms with van der Waals surface area (Å²) in [5.74, 6) is 0.0489. The summed E-state index contributed by atoms with van der Waals surface area (Å²) in [6.07, 6.45) is 0.865. The molecular formula is C12H17NO2. The Morgan fingerprint density at radius 2 is 2.00 bits per heavy atom. The number of carbonyl (C=O) groups excluding carboxylic acids is 1. The zero-order chi connectivity index (χ0) is 11.1. The minimum absolute atomic E-state index is 0.0489. The van der Waals surface area contributed by atoms with Gasteiger partial charge in [0.25, 0.3) is 0 Å². The third-order valence-electron chi connectivity index (χ3n) is 2.24. The third-order valence-corrected chi connectivity index (χ3v) is 2.24. The van der Waals surface area contributed by atoms with Crippen LogP contribution in [0.2, 0.25) is 0 Å². The van der Waals surface area contributed by atoms with Crippen LogP contribution < -0.4 is 0 Å². The molecule has 0 unspecified atom stereocenters. The molecule has 15 heavy (non-hydrogen) atoms. The number of amides is 1. The van der Waals surface area contributed by atoms with E-state index in [0.717, 1.165) is 6.42 Å². The molecule has 0 aromatic heterocycles. The highest BCUT2D eigenvalue weighted by Gasteiger charge is 2.07. The molecular weight excluding hydrogens is 190 g/mol.